The van der Waals surface area contributed by atoms with Gasteiger partial charge in [-0.25, -0.2) is 17.6 Å². The van der Waals surface area contributed by atoms with Crippen LogP contribution in [0.15, 0.2) is 0 Å². The van der Waals surface area contributed by atoms with Crippen LogP contribution in [0.3, 0.4) is 0 Å². The Kier molecular flexibility index (Phi) is 3.36. The molecule has 0 aliphatic heterocycles. The van der Waals surface area contributed by atoms with E-state index < -0.39 is 30.3 Å². The zero-order valence-corrected chi connectivity index (χ0v) is 7.87. The number of aliphatic hydroxyl groups excluding tert-OH is 1. The number of aliphatic hydroxyl groups is 1. The lowest BCUT2D eigenvalue weighted by Crippen LogP contribution is -2.52. The molecule has 0 aromatic heterocycles. The van der Waals surface area contributed by atoms with Crippen molar-refractivity contribution < 1.29 is 22.7 Å². The Morgan fingerprint density at radius 1 is 1.08 bits per heavy atom. The molecule has 5 heteroatoms. The highest BCUT2D eigenvalue weighted by molar-refractivity contribution is 4.96. The van der Waals surface area contributed by atoms with Crippen LogP contribution in [0.4, 0.5) is 17.6 Å². The van der Waals surface area contributed by atoms with Crippen molar-refractivity contribution in [1.29, 1.82) is 0 Å². The van der Waals surface area contributed by atoms with Crippen LogP contribution in [-0.4, -0.2) is 23.6 Å². The van der Waals surface area contributed by atoms with Crippen LogP contribution in [0, 0.1) is 5.41 Å². The lowest BCUT2D eigenvalue weighted by molar-refractivity contribution is -0.239. The van der Waals surface area contributed by atoms with Crippen LogP contribution in [0.2, 0.25) is 0 Å². The Morgan fingerprint density at radius 3 is 1.54 bits per heavy atom. The molecule has 0 rings (SSSR count). The Morgan fingerprint density at radius 2 is 1.46 bits per heavy atom. The summed E-state index contributed by atoms with van der Waals surface area (Å²) in [4.78, 5) is 0. The minimum Gasteiger partial charge on any atom is -0.395 e. The van der Waals surface area contributed by atoms with Crippen molar-refractivity contribution in [3.63, 3.8) is 0 Å². The monoisotopic (exact) mass is 202 g/mol. The quantitative estimate of drug-likeness (QED) is 0.695. The van der Waals surface area contributed by atoms with Gasteiger partial charge in [0.2, 0.25) is 0 Å². The minimum absolute atomic E-state index is 0.396. The van der Waals surface area contributed by atoms with Crippen LogP contribution in [0.25, 0.3) is 0 Å². The van der Waals surface area contributed by atoms with E-state index in [1.54, 1.807) is 0 Å². The van der Waals surface area contributed by atoms with Gasteiger partial charge in [-0.1, -0.05) is 6.92 Å². The predicted octanol–water partition coefficient (Wildman–Crippen LogP) is 2.69. The molecule has 0 aromatic rings. The molecule has 0 aliphatic carbocycles. The summed E-state index contributed by atoms with van der Waals surface area (Å²) in [5.41, 5.74) is -2.69. The highest BCUT2D eigenvalue weighted by atomic mass is 19.3. The summed E-state index contributed by atoms with van der Waals surface area (Å²) in [5, 5.41) is 8.63. The van der Waals surface area contributed by atoms with E-state index in [9.17, 15) is 17.6 Å². The number of hydrogen-bond donors (Lipinski definition) is 1. The van der Waals surface area contributed by atoms with Crippen molar-refractivity contribution in [2.75, 3.05) is 6.61 Å². The highest BCUT2D eigenvalue weighted by Crippen LogP contribution is 2.49. The molecule has 0 bridgehead atoms. The molecular formula is C8H14F4O. The second kappa shape index (κ2) is 3.44. The molecular weight excluding hydrogens is 188 g/mol. The van der Waals surface area contributed by atoms with Gasteiger partial charge < -0.3 is 5.11 Å². The Balaban J connectivity index is 5.06. The molecule has 0 saturated carbocycles. The predicted molar refractivity (Wildman–Crippen MR) is 41.1 cm³/mol. The van der Waals surface area contributed by atoms with Crippen molar-refractivity contribution >= 4 is 0 Å². The molecule has 13 heavy (non-hydrogen) atoms. The van der Waals surface area contributed by atoms with Crippen molar-refractivity contribution in [2.24, 2.45) is 5.41 Å². The standard InChI is InChI=1S/C8H14F4O/c1-4-8(11,12)6(2,5-13)7(3,9)10/h13H,4-5H2,1-3H3. The number of alkyl halides is 4. The van der Waals surface area contributed by atoms with Gasteiger partial charge in [-0.2, -0.15) is 0 Å². The fourth-order valence-corrected chi connectivity index (χ4v) is 0.966. The number of hydrogen-bond acceptors (Lipinski definition) is 1. The molecule has 80 valence electrons. The summed E-state index contributed by atoms with van der Waals surface area (Å²) in [5.74, 6) is -7.18. The van der Waals surface area contributed by atoms with E-state index in [4.69, 9.17) is 5.11 Å². The number of rotatable bonds is 4. The van der Waals surface area contributed by atoms with E-state index in [2.05, 4.69) is 0 Å². The van der Waals surface area contributed by atoms with Crippen molar-refractivity contribution in [3.8, 4) is 0 Å². The fourth-order valence-electron chi connectivity index (χ4n) is 0.966. The normalized spacial score (nSPS) is 18.5. The highest BCUT2D eigenvalue weighted by Gasteiger charge is 2.61. The zero-order valence-electron chi connectivity index (χ0n) is 7.87. The molecule has 1 unspecified atom stereocenters. The average molecular weight is 202 g/mol. The second-order valence-corrected chi connectivity index (χ2v) is 3.44. The molecule has 0 saturated heterocycles. The van der Waals surface area contributed by atoms with Gasteiger partial charge in [0.25, 0.3) is 11.8 Å². The smallest absolute Gasteiger partial charge is 0.261 e. The van der Waals surface area contributed by atoms with E-state index in [1.807, 2.05) is 0 Å². The maximum atomic E-state index is 13.1. The summed E-state index contributed by atoms with van der Waals surface area (Å²) < 4.78 is 51.7. The van der Waals surface area contributed by atoms with Gasteiger partial charge in [-0.15, -0.1) is 0 Å². The van der Waals surface area contributed by atoms with Crippen molar-refractivity contribution in [1.82, 2.24) is 0 Å². The Hall–Kier alpha value is -0.320. The van der Waals surface area contributed by atoms with Gasteiger partial charge in [0, 0.05) is 13.3 Å². The lowest BCUT2D eigenvalue weighted by Gasteiger charge is -2.39. The molecule has 0 amide bonds. The maximum Gasteiger partial charge on any atom is 0.261 e. The third kappa shape index (κ3) is 1.95. The summed E-state index contributed by atoms with van der Waals surface area (Å²) in [7, 11) is 0. The van der Waals surface area contributed by atoms with Crippen molar-refractivity contribution in [2.45, 2.75) is 39.0 Å². The first kappa shape index (κ1) is 12.7. The molecule has 1 nitrogen and oxygen atoms in total. The molecule has 0 aliphatic rings. The van der Waals surface area contributed by atoms with E-state index in [1.165, 1.54) is 0 Å². The maximum absolute atomic E-state index is 13.1. The third-order valence-corrected chi connectivity index (χ3v) is 2.54. The van der Waals surface area contributed by atoms with E-state index >= 15 is 0 Å². The van der Waals surface area contributed by atoms with Gasteiger partial charge in [0.05, 0.1) is 6.61 Å². The third-order valence-electron chi connectivity index (χ3n) is 2.54. The first-order valence-corrected chi connectivity index (χ1v) is 3.99. The second-order valence-electron chi connectivity index (χ2n) is 3.44. The van der Waals surface area contributed by atoms with E-state index in [0.717, 1.165) is 6.92 Å². The zero-order chi connectivity index (χ0) is 10.9. The summed E-state index contributed by atoms with van der Waals surface area (Å²) in [6, 6.07) is 0. The Labute approximate surface area is 74.8 Å². The molecule has 0 fully saturated rings. The largest absolute Gasteiger partial charge is 0.395 e. The first-order chi connectivity index (χ1) is 5.62. The van der Waals surface area contributed by atoms with Crippen molar-refractivity contribution in [3.05, 3.63) is 0 Å². The summed E-state index contributed by atoms with van der Waals surface area (Å²) in [6.45, 7) is 0.959. The molecule has 1 atom stereocenters. The molecule has 0 aromatic carbocycles. The number of halogens is 4. The van der Waals surface area contributed by atoms with Gasteiger partial charge in [-0.3, -0.25) is 0 Å². The summed E-state index contributed by atoms with van der Waals surface area (Å²) >= 11 is 0. The van der Waals surface area contributed by atoms with E-state index in [-0.39, 0.29) is 0 Å². The van der Waals surface area contributed by atoms with E-state index in [0.29, 0.717) is 13.8 Å². The van der Waals surface area contributed by atoms with Crippen LogP contribution in [-0.2, 0) is 0 Å². The average Bonchev–Trinajstić information content (AvgIpc) is 2.00. The molecule has 0 radical (unpaired) electrons. The van der Waals surface area contributed by atoms with Crippen LogP contribution < -0.4 is 0 Å². The van der Waals surface area contributed by atoms with Gasteiger partial charge in [0.1, 0.15) is 5.41 Å². The molecule has 0 heterocycles. The minimum atomic E-state index is -3.61. The summed E-state index contributed by atoms with van der Waals surface area (Å²) in [6.07, 6.45) is -0.715. The van der Waals surface area contributed by atoms with Crippen LogP contribution in [0.5, 0.6) is 0 Å². The first-order valence-electron chi connectivity index (χ1n) is 3.99. The molecule has 1 N–H and O–H groups in total. The molecule has 0 spiro atoms. The van der Waals surface area contributed by atoms with Crippen LogP contribution in [0.1, 0.15) is 27.2 Å². The topological polar surface area (TPSA) is 20.2 Å². The van der Waals surface area contributed by atoms with Gasteiger partial charge >= 0.3 is 0 Å². The fraction of sp³-hybridized carbons (Fsp3) is 1.00. The Bertz CT molecular complexity index is 175. The SMILES string of the molecule is CCC(F)(F)C(C)(CO)C(C)(F)F. The van der Waals surface area contributed by atoms with Gasteiger partial charge in [0.15, 0.2) is 0 Å². The van der Waals surface area contributed by atoms with Crippen LogP contribution >= 0.6 is 0 Å². The van der Waals surface area contributed by atoms with Gasteiger partial charge in [-0.05, 0) is 6.92 Å². The lowest BCUT2D eigenvalue weighted by atomic mass is 9.77.